The molecule has 0 N–H and O–H groups in total. The summed E-state index contributed by atoms with van der Waals surface area (Å²) in [7, 11) is 0. The van der Waals surface area contributed by atoms with Crippen LogP contribution in [-0.2, 0) is 0 Å². The fraction of sp³-hybridized carbons (Fsp3) is 1.00. The highest BCUT2D eigenvalue weighted by Gasteiger charge is 2.52. The molecule has 0 amide bonds. The van der Waals surface area contributed by atoms with Crippen molar-refractivity contribution in [3.8, 4) is 0 Å². The molecule has 0 aliphatic carbocycles. The minimum absolute atomic E-state index is 0.188. The molecule has 0 radical (unpaired) electrons. The third-order valence-electron chi connectivity index (χ3n) is 0.614. The van der Waals surface area contributed by atoms with Crippen molar-refractivity contribution < 1.29 is 35.1 Å². The summed E-state index contributed by atoms with van der Waals surface area (Å²) in [5.74, 6) is -4.56. The topological polar surface area (TPSA) is 0 Å². The molecule has 0 heterocycles. The smallest absolute Gasteiger partial charge is 0.245 e. The second-order valence-electron chi connectivity index (χ2n) is 1.93. The molecule has 0 saturated carbocycles. The van der Waals surface area contributed by atoms with E-state index in [0.717, 1.165) is 0 Å². The van der Waals surface area contributed by atoms with E-state index in [4.69, 9.17) is 0 Å². The summed E-state index contributed by atoms with van der Waals surface area (Å²) in [4.78, 5) is 0. The van der Waals surface area contributed by atoms with Crippen LogP contribution >= 0.6 is 0 Å². The highest BCUT2D eigenvalue weighted by molar-refractivity contribution is 4.67. The van der Waals surface area contributed by atoms with Crippen molar-refractivity contribution in [2.24, 2.45) is 0 Å². The predicted octanol–water partition coefficient (Wildman–Crippen LogP) is 3.42. The average Bonchev–Trinajstić information content (AvgIpc) is 1.84. The van der Waals surface area contributed by atoms with Gasteiger partial charge < -0.3 is 0 Å². The van der Waals surface area contributed by atoms with Gasteiger partial charge in [-0.2, -0.15) is 22.0 Å². The van der Waals surface area contributed by atoms with Gasteiger partial charge in [-0.25, -0.2) is 13.2 Å². The summed E-state index contributed by atoms with van der Waals surface area (Å²) >= 11 is 0. The molecule has 8 heteroatoms. The SMILES string of the molecule is CC(F)(F)C(F)(F)F.FCC(F)F. The van der Waals surface area contributed by atoms with E-state index in [1.54, 1.807) is 0 Å². The largest absolute Gasteiger partial charge is 0.452 e. The zero-order valence-electron chi connectivity index (χ0n) is 6.31. The van der Waals surface area contributed by atoms with Gasteiger partial charge in [0.15, 0.2) is 6.67 Å². The number of alkyl halides is 8. The molecule has 0 atom stereocenters. The molecule has 13 heavy (non-hydrogen) atoms. The van der Waals surface area contributed by atoms with Crippen molar-refractivity contribution >= 4 is 0 Å². The first-order chi connectivity index (χ1) is 5.52. The Morgan fingerprint density at radius 1 is 1.00 bits per heavy atom. The van der Waals surface area contributed by atoms with E-state index in [1.807, 2.05) is 0 Å². The van der Waals surface area contributed by atoms with Crippen LogP contribution in [0.2, 0.25) is 0 Å². The molecule has 0 spiro atoms. The zero-order valence-corrected chi connectivity index (χ0v) is 6.31. The van der Waals surface area contributed by atoms with Crippen molar-refractivity contribution in [2.45, 2.75) is 25.4 Å². The fourth-order valence-corrected chi connectivity index (χ4v) is 0. The minimum Gasteiger partial charge on any atom is -0.245 e. The quantitative estimate of drug-likeness (QED) is 0.591. The monoisotopic (exact) mass is 218 g/mol. The van der Waals surface area contributed by atoms with E-state index in [9.17, 15) is 35.1 Å². The Morgan fingerprint density at radius 2 is 1.15 bits per heavy atom. The number of hydrogen-bond donors (Lipinski definition) is 0. The molecule has 0 bridgehead atoms. The molecule has 82 valence electrons. The number of hydrogen-bond acceptors (Lipinski definition) is 0. The Labute approximate surface area is 68.5 Å². The van der Waals surface area contributed by atoms with E-state index in [-0.39, 0.29) is 6.92 Å². The van der Waals surface area contributed by atoms with Gasteiger partial charge in [0.25, 0.3) is 6.43 Å². The second-order valence-corrected chi connectivity index (χ2v) is 1.93. The Balaban J connectivity index is 0. The van der Waals surface area contributed by atoms with Crippen molar-refractivity contribution in [2.75, 3.05) is 6.67 Å². The third-order valence-corrected chi connectivity index (χ3v) is 0.614. The molecular weight excluding hydrogens is 212 g/mol. The van der Waals surface area contributed by atoms with Crippen LogP contribution in [0.15, 0.2) is 0 Å². The highest BCUT2D eigenvalue weighted by atomic mass is 19.4. The van der Waals surface area contributed by atoms with Crippen molar-refractivity contribution in [1.29, 1.82) is 0 Å². The summed E-state index contributed by atoms with van der Waals surface area (Å²) in [5, 5.41) is 0. The summed E-state index contributed by atoms with van der Waals surface area (Å²) < 4.78 is 85.8. The molecule has 0 rings (SSSR count). The van der Waals surface area contributed by atoms with Crippen LogP contribution in [0.4, 0.5) is 35.1 Å². The summed E-state index contributed by atoms with van der Waals surface area (Å²) in [6, 6.07) is 0. The molecule has 0 unspecified atom stereocenters. The maximum atomic E-state index is 11.1. The fourth-order valence-electron chi connectivity index (χ4n) is 0. The van der Waals surface area contributed by atoms with Gasteiger partial charge in [-0.05, 0) is 0 Å². The van der Waals surface area contributed by atoms with Crippen LogP contribution in [-0.4, -0.2) is 25.2 Å². The molecule has 0 aromatic rings. The Hall–Kier alpha value is -0.560. The van der Waals surface area contributed by atoms with Gasteiger partial charge in [-0.1, -0.05) is 0 Å². The van der Waals surface area contributed by atoms with E-state index in [2.05, 4.69) is 0 Å². The third kappa shape index (κ3) is 9.35. The van der Waals surface area contributed by atoms with Gasteiger partial charge in [-0.3, -0.25) is 0 Å². The lowest BCUT2D eigenvalue weighted by atomic mass is 10.4. The van der Waals surface area contributed by atoms with Crippen LogP contribution in [0.5, 0.6) is 0 Å². The second kappa shape index (κ2) is 5.23. The summed E-state index contributed by atoms with van der Waals surface area (Å²) in [6.07, 6.45) is -8.18. The standard InChI is InChI=1S/C3H3F5.C2H3F3/c1-2(4,5)3(6,7)8;3-1-2(4)5/h1H3;2H,1H2. The van der Waals surface area contributed by atoms with Crippen LogP contribution in [0.3, 0.4) is 0 Å². The number of rotatable bonds is 1. The molecule has 0 nitrogen and oxygen atoms in total. The summed E-state index contributed by atoms with van der Waals surface area (Å²) in [5.41, 5.74) is 0. The molecule has 0 aliphatic rings. The lowest BCUT2D eigenvalue weighted by Crippen LogP contribution is -2.32. The van der Waals surface area contributed by atoms with Gasteiger partial charge in [0, 0.05) is 6.92 Å². The van der Waals surface area contributed by atoms with Crippen LogP contribution in [0.1, 0.15) is 6.92 Å². The van der Waals surface area contributed by atoms with Crippen molar-refractivity contribution in [3.63, 3.8) is 0 Å². The summed E-state index contributed by atoms with van der Waals surface area (Å²) in [6.45, 7) is -1.72. The maximum Gasteiger partial charge on any atom is 0.452 e. The molecule has 0 fully saturated rings. The van der Waals surface area contributed by atoms with Gasteiger partial charge in [0.1, 0.15) is 0 Å². The molecule has 0 saturated heterocycles. The Morgan fingerprint density at radius 3 is 1.15 bits per heavy atom. The van der Waals surface area contributed by atoms with Gasteiger partial charge in [-0.15, -0.1) is 0 Å². The molecule has 0 aromatic carbocycles. The van der Waals surface area contributed by atoms with Gasteiger partial charge in [0.05, 0.1) is 0 Å². The van der Waals surface area contributed by atoms with Crippen LogP contribution in [0.25, 0.3) is 0 Å². The van der Waals surface area contributed by atoms with E-state index >= 15 is 0 Å². The van der Waals surface area contributed by atoms with E-state index in [1.165, 1.54) is 0 Å². The first-order valence-electron chi connectivity index (χ1n) is 2.81. The van der Waals surface area contributed by atoms with Crippen molar-refractivity contribution in [1.82, 2.24) is 0 Å². The van der Waals surface area contributed by atoms with E-state index < -0.39 is 25.2 Å². The lowest BCUT2D eigenvalue weighted by molar-refractivity contribution is -0.273. The zero-order chi connectivity index (χ0) is 11.3. The van der Waals surface area contributed by atoms with Crippen LogP contribution in [0, 0.1) is 0 Å². The first kappa shape index (κ1) is 14.9. The molecular formula is C5H6F8. The maximum absolute atomic E-state index is 11.1. The Bertz CT molecular complexity index is 107. The highest BCUT2D eigenvalue weighted by Crippen LogP contribution is 2.34. The van der Waals surface area contributed by atoms with Crippen LogP contribution < -0.4 is 0 Å². The lowest BCUT2D eigenvalue weighted by Gasteiger charge is -2.12. The van der Waals surface area contributed by atoms with Gasteiger partial charge in [0.2, 0.25) is 0 Å². The Kier molecular flexibility index (Phi) is 6.01. The minimum atomic E-state index is -5.40. The van der Waals surface area contributed by atoms with Gasteiger partial charge >= 0.3 is 12.1 Å². The predicted molar refractivity (Wildman–Crippen MR) is 28.7 cm³/mol. The normalized spacial score (nSPS) is 12.5. The number of halogens is 8. The van der Waals surface area contributed by atoms with Crippen molar-refractivity contribution in [3.05, 3.63) is 0 Å². The molecule has 0 aromatic heterocycles. The first-order valence-corrected chi connectivity index (χ1v) is 2.81. The average molecular weight is 218 g/mol. The van der Waals surface area contributed by atoms with E-state index in [0.29, 0.717) is 0 Å². The molecule has 0 aliphatic heterocycles.